The highest BCUT2D eigenvalue weighted by Gasteiger charge is 2.01. The molecule has 1 atom stereocenters. The van der Waals surface area contributed by atoms with Gasteiger partial charge in [0.2, 0.25) is 0 Å². The normalized spacial score (nSPS) is 13.8. The van der Waals surface area contributed by atoms with Crippen molar-refractivity contribution < 1.29 is 15.0 Å². The monoisotopic (exact) mass is 320 g/mol. The second kappa shape index (κ2) is 16.8. The predicted octanol–water partition coefficient (Wildman–Crippen LogP) is 5.19. The maximum absolute atomic E-state index is 10.3. The van der Waals surface area contributed by atoms with Crippen LogP contribution in [-0.2, 0) is 4.79 Å². The van der Waals surface area contributed by atoms with Gasteiger partial charge in [-0.15, -0.1) is 0 Å². The molecule has 0 heterocycles. The Balaban J connectivity index is 3.59. The van der Waals surface area contributed by atoms with Crippen LogP contribution in [0.2, 0.25) is 0 Å². The van der Waals surface area contributed by atoms with Gasteiger partial charge in [0.25, 0.3) is 0 Å². The average molecular weight is 320 g/mol. The van der Waals surface area contributed by atoms with Crippen molar-refractivity contribution in [3.8, 4) is 0 Å². The van der Waals surface area contributed by atoms with E-state index in [1.807, 2.05) is 18.2 Å². The Bertz CT molecular complexity index is 392. The summed E-state index contributed by atoms with van der Waals surface area (Å²) >= 11 is 0. The molecule has 0 amide bonds. The second-order valence-electron chi connectivity index (χ2n) is 5.58. The number of carboxylic acid groups (broad SMARTS) is 1. The topological polar surface area (TPSA) is 57.5 Å². The molecule has 130 valence electrons. The summed E-state index contributed by atoms with van der Waals surface area (Å²) in [6.45, 7) is 2.22. The minimum absolute atomic E-state index is 0.110. The van der Waals surface area contributed by atoms with Gasteiger partial charge in [-0.1, -0.05) is 68.4 Å². The fourth-order valence-corrected chi connectivity index (χ4v) is 1.98. The highest BCUT2D eigenvalue weighted by molar-refractivity contribution is 5.66. The van der Waals surface area contributed by atoms with E-state index in [2.05, 4.69) is 31.2 Å². The molecule has 3 heteroatoms. The number of allylic oxidation sites excluding steroid dienone is 7. The molecule has 2 N–H and O–H groups in total. The zero-order valence-electron chi connectivity index (χ0n) is 14.4. The number of carbonyl (C=O) groups is 1. The number of aliphatic hydroxyl groups is 1. The van der Waals surface area contributed by atoms with E-state index in [9.17, 15) is 9.90 Å². The van der Waals surface area contributed by atoms with E-state index in [0.29, 0.717) is 12.8 Å². The summed E-state index contributed by atoms with van der Waals surface area (Å²) in [5.74, 6) is -0.816. The lowest BCUT2D eigenvalue weighted by Gasteiger charge is -2.02. The Morgan fingerprint density at radius 1 is 0.957 bits per heavy atom. The van der Waals surface area contributed by atoms with Crippen LogP contribution in [0.25, 0.3) is 0 Å². The van der Waals surface area contributed by atoms with E-state index in [-0.39, 0.29) is 6.42 Å². The number of carboxylic acids is 1. The highest BCUT2D eigenvalue weighted by atomic mass is 16.4. The van der Waals surface area contributed by atoms with Crippen LogP contribution in [0.4, 0.5) is 0 Å². The minimum atomic E-state index is -0.816. The van der Waals surface area contributed by atoms with Crippen molar-refractivity contribution in [2.24, 2.45) is 0 Å². The van der Waals surface area contributed by atoms with Crippen molar-refractivity contribution in [3.63, 3.8) is 0 Å². The number of aliphatic carboxylic acids is 1. The molecule has 0 rings (SSSR count). The van der Waals surface area contributed by atoms with Crippen LogP contribution >= 0.6 is 0 Å². The third-order valence-electron chi connectivity index (χ3n) is 3.32. The van der Waals surface area contributed by atoms with Gasteiger partial charge < -0.3 is 10.2 Å². The van der Waals surface area contributed by atoms with Gasteiger partial charge >= 0.3 is 5.97 Å². The Morgan fingerprint density at radius 2 is 1.65 bits per heavy atom. The van der Waals surface area contributed by atoms with Gasteiger partial charge in [0.15, 0.2) is 0 Å². The van der Waals surface area contributed by atoms with Crippen LogP contribution in [0.3, 0.4) is 0 Å². The number of unbranched alkanes of at least 4 members (excludes halogenated alkanes) is 3. The average Bonchev–Trinajstić information content (AvgIpc) is 2.51. The van der Waals surface area contributed by atoms with E-state index in [0.717, 1.165) is 12.8 Å². The fraction of sp³-hybridized carbons (Fsp3) is 0.550. The third-order valence-corrected chi connectivity index (χ3v) is 3.32. The van der Waals surface area contributed by atoms with Crippen molar-refractivity contribution in [1.82, 2.24) is 0 Å². The molecule has 0 aliphatic rings. The van der Waals surface area contributed by atoms with Crippen LogP contribution in [0.1, 0.15) is 64.7 Å². The molecule has 0 fully saturated rings. The maximum atomic E-state index is 10.3. The van der Waals surface area contributed by atoms with Crippen molar-refractivity contribution >= 4 is 5.97 Å². The summed E-state index contributed by atoms with van der Waals surface area (Å²) in [7, 11) is 0. The SMILES string of the molecule is CCCCC/C=C/C/C=C\C/C=C/C=C\[C@@H](O)CCCC(=O)O. The minimum Gasteiger partial charge on any atom is -0.481 e. The molecule has 0 aromatic carbocycles. The first-order valence-corrected chi connectivity index (χ1v) is 8.70. The molecular weight excluding hydrogens is 288 g/mol. The van der Waals surface area contributed by atoms with Gasteiger partial charge in [-0.3, -0.25) is 4.79 Å². The highest BCUT2D eigenvalue weighted by Crippen LogP contribution is 2.03. The first-order chi connectivity index (χ1) is 11.2. The summed E-state index contributed by atoms with van der Waals surface area (Å²) in [5.41, 5.74) is 0. The van der Waals surface area contributed by atoms with Gasteiger partial charge in [0.05, 0.1) is 6.10 Å². The van der Waals surface area contributed by atoms with E-state index in [4.69, 9.17) is 5.11 Å². The quantitative estimate of drug-likeness (QED) is 0.263. The van der Waals surface area contributed by atoms with Gasteiger partial charge in [-0.05, 0) is 38.5 Å². The molecule has 0 radical (unpaired) electrons. The Kier molecular flexibility index (Phi) is 15.6. The smallest absolute Gasteiger partial charge is 0.303 e. The fourth-order valence-electron chi connectivity index (χ4n) is 1.98. The molecule has 3 nitrogen and oxygen atoms in total. The van der Waals surface area contributed by atoms with E-state index >= 15 is 0 Å². The van der Waals surface area contributed by atoms with Crippen molar-refractivity contribution in [2.75, 3.05) is 0 Å². The Hall–Kier alpha value is -1.61. The maximum Gasteiger partial charge on any atom is 0.303 e. The Labute approximate surface area is 141 Å². The number of hydrogen-bond acceptors (Lipinski definition) is 2. The molecule has 0 saturated heterocycles. The predicted molar refractivity (Wildman–Crippen MR) is 97.4 cm³/mol. The summed E-state index contributed by atoms with van der Waals surface area (Å²) in [5, 5.41) is 18.1. The summed E-state index contributed by atoms with van der Waals surface area (Å²) < 4.78 is 0. The third kappa shape index (κ3) is 18.3. The second-order valence-corrected chi connectivity index (χ2v) is 5.58. The summed E-state index contributed by atoms with van der Waals surface area (Å²) in [4.78, 5) is 10.3. The standard InChI is InChI=1S/C20H32O3/c1-2-3-4-5-6-7-8-9-10-11-12-13-14-16-19(21)17-15-18-20(22)23/h6-7,9-10,12-14,16,19,21H,2-5,8,11,15,17-18H2,1H3,(H,22,23)/b7-6+,10-9-,13-12+,16-14-/t19-/m1/s1. The molecule has 0 unspecified atom stereocenters. The molecule has 0 aromatic rings. The van der Waals surface area contributed by atoms with Gasteiger partial charge in [0.1, 0.15) is 0 Å². The zero-order valence-corrected chi connectivity index (χ0v) is 14.4. The van der Waals surface area contributed by atoms with E-state index in [1.165, 1.54) is 25.7 Å². The lowest BCUT2D eigenvalue weighted by molar-refractivity contribution is -0.137. The van der Waals surface area contributed by atoms with E-state index in [1.54, 1.807) is 6.08 Å². The molecule has 0 spiro atoms. The lowest BCUT2D eigenvalue weighted by Crippen LogP contribution is -2.03. The molecule has 23 heavy (non-hydrogen) atoms. The van der Waals surface area contributed by atoms with Crippen LogP contribution in [-0.4, -0.2) is 22.3 Å². The van der Waals surface area contributed by atoms with Gasteiger partial charge in [-0.2, -0.15) is 0 Å². The first-order valence-electron chi connectivity index (χ1n) is 8.70. The summed E-state index contributed by atoms with van der Waals surface area (Å²) in [6.07, 6.45) is 23.6. The number of aliphatic hydroxyl groups excluding tert-OH is 1. The van der Waals surface area contributed by atoms with Crippen molar-refractivity contribution in [2.45, 2.75) is 70.8 Å². The molecule has 0 aromatic heterocycles. The van der Waals surface area contributed by atoms with Crippen LogP contribution in [0, 0.1) is 0 Å². The molecule has 0 aliphatic carbocycles. The Morgan fingerprint density at radius 3 is 2.35 bits per heavy atom. The van der Waals surface area contributed by atoms with Gasteiger partial charge in [0, 0.05) is 6.42 Å². The first kappa shape index (κ1) is 21.4. The van der Waals surface area contributed by atoms with E-state index < -0.39 is 12.1 Å². The van der Waals surface area contributed by atoms with Crippen LogP contribution in [0.5, 0.6) is 0 Å². The van der Waals surface area contributed by atoms with Crippen LogP contribution in [0.15, 0.2) is 48.6 Å². The van der Waals surface area contributed by atoms with Crippen LogP contribution < -0.4 is 0 Å². The lowest BCUT2D eigenvalue weighted by atomic mass is 10.1. The number of hydrogen-bond donors (Lipinski definition) is 2. The number of rotatable bonds is 14. The zero-order chi connectivity index (χ0) is 17.2. The largest absolute Gasteiger partial charge is 0.481 e. The van der Waals surface area contributed by atoms with Crippen molar-refractivity contribution in [1.29, 1.82) is 0 Å². The molecule has 0 bridgehead atoms. The molecule has 0 saturated carbocycles. The van der Waals surface area contributed by atoms with Crippen molar-refractivity contribution in [3.05, 3.63) is 48.6 Å². The molecular formula is C20H32O3. The molecule has 0 aliphatic heterocycles. The van der Waals surface area contributed by atoms with Gasteiger partial charge in [-0.25, -0.2) is 0 Å². The summed E-state index contributed by atoms with van der Waals surface area (Å²) in [6, 6.07) is 0.